The third-order valence-electron chi connectivity index (χ3n) is 7.02. The van der Waals surface area contributed by atoms with E-state index in [4.69, 9.17) is 10.1 Å². The molecular weight excluding hydrogens is 598 g/mol. The van der Waals surface area contributed by atoms with Crippen LogP contribution in [0, 0.1) is 0 Å². The number of amides is 1. The minimum atomic E-state index is -0.844. The number of anilines is 1. The average molecular weight is 635 g/mol. The molecule has 9 nitrogen and oxygen atoms in total. The van der Waals surface area contributed by atoms with Crippen LogP contribution in [0.2, 0.25) is 0 Å². The van der Waals surface area contributed by atoms with Crippen LogP contribution in [0.4, 0.5) is 11.4 Å². The molecule has 0 spiro atoms. The lowest BCUT2D eigenvalue weighted by molar-refractivity contribution is -0.137. The normalized spacial score (nSPS) is 11.9. The molecule has 0 fully saturated rings. The van der Waals surface area contributed by atoms with E-state index in [0.717, 1.165) is 45.3 Å². The first kappa shape index (κ1) is 31.0. The Morgan fingerprint density at radius 1 is 0.929 bits per heavy atom. The maximum Gasteiger partial charge on any atom is 0.303 e. The van der Waals surface area contributed by atoms with Crippen LogP contribution in [0.3, 0.4) is 0 Å². The van der Waals surface area contributed by atoms with Gasteiger partial charge in [0.05, 0.1) is 29.0 Å². The number of aromatic amines is 1. The molecule has 0 aliphatic heterocycles. The van der Waals surface area contributed by atoms with Crippen molar-refractivity contribution in [3.05, 3.63) is 87.9 Å². The number of carboxylic acids is 1. The summed E-state index contributed by atoms with van der Waals surface area (Å²) in [5.41, 5.74) is 4.96. The van der Waals surface area contributed by atoms with Gasteiger partial charge in [-0.25, -0.2) is 4.99 Å². The summed E-state index contributed by atoms with van der Waals surface area (Å²) in [6.07, 6.45) is 0.474. The standard InChI is InChI=1S/C32H36BrN5O4/c1-36(2)17-18-37(3)20-28(39)38(4)25-13-11-24(12-14-25)34-31(22-8-5-21(6-9-22)7-16-29(40)41)30-26-15-10-23(33)19-27(26)35-32(30)42/h5-6,8-15,19,35,42H,7,16-18,20H2,1-4H3,(H,40,41). The number of aryl methyl sites for hydroxylation is 1. The number of aromatic nitrogens is 1. The molecule has 0 aliphatic rings. The van der Waals surface area contributed by atoms with Crippen LogP contribution in [-0.4, -0.2) is 90.4 Å². The Labute approximate surface area is 254 Å². The highest BCUT2D eigenvalue weighted by Crippen LogP contribution is 2.33. The van der Waals surface area contributed by atoms with E-state index in [-0.39, 0.29) is 18.2 Å². The molecular formula is C32H36BrN5O4. The van der Waals surface area contributed by atoms with E-state index in [2.05, 4.69) is 25.8 Å². The zero-order valence-electron chi connectivity index (χ0n) is 24.3. The van der Waals surface area contributed by atoms with Crippen molar-refractivity contribution >= 4 is 55.8 Å². The van der Waals surface area contributed by atoms with Crippen molar-refractivity contribution in [3.63, 3.8) is 0 Å². The van der Waals surface area contributed by atoms with Gasteiger partial charge in [-0.3, -0.25) is 14.5 Å². The lowest BCUT2D eigenvalue weighted by Crippen LogP contribution is -2.39. The largest absolute Gasteiger partial charge is 0.494 e. The fourth-order valence-electron chi connectivity index (χ4n) is 4.55. The van der Waals surface area contributed by atoms with Crippen molar-refractivity contribution in [1.29, 1.82) is 0 Å². The summed E-state index contributed by atoms with van der Waals surface area (Å²) in [5.74, 6) is -0.855. The van der Waals surface area contributed by atoms with Crippen LogP contribution < -0.4 is 4.90 Å². The first-order valence-corrected chi connectivity index (χ1v) is 14.4. The summed E-state index contributed by atoms with van der Waals surface area (Å²) in [7, 11) is 7.72. The van der Waals surface area contributed by atoms with Crippen molar-refractivity contribution in [3.8, 4) is 5.88 Å². The van der Waals surface area contributed by atoms with Gasteiger partial charge >= 0.3 is 5.97 Å². The van der Waals surface area contributed by atoms with Gasteiger partial charge in [0.25, 0.3) is 0 Å². The molecule has 0 aliphatic carbocycles. The number of rotatable bonds is 12. The van der Waals surface area contributed by atoms with Crippen molar-refractivity contribution < 1.29 is 19.8 Å². The zero-order chi connectivity index (χ0) is 30.4. The minimum Gasteiger partial charge on any atom is -0.494 e. The Hall–Kier alpha value is -3.99. The number of aromatic hydroxyl groups is 1. The molecule has 1 aromatic heterocycles. The number of nitrogens with zero attached hydrogens (tertiary/aromatic N) is 4. The molecule has 0 radical (unpaired) electrons. The Bertz CT molecular complexity index is 1580. The number of hydrogen-bond donors (Lipinski definition) is 3. The molecule has 3 aromatic carbocycles. The summed E-state index contributed by atoms with van der Waals surface area (Å²) < 4.78 is 0.877. The van der Waals surface area contributed by atoms with Crippen molar-refractivity contribution in [2.45, 2.75) is 12.8 Å². The Morgan fingerprint density at radius 2 is 1.62 bits per heavy atom. The number of carboxylic acid groups (broad SMARTS) is 1. The molecule has 1 amide bonds. The number of aliphatic carboxylic acids is 1. The maximum atomic E-state index is 12.9. The molecule has 0 bridgehead atoms. The number of H-pyrrole nitrogens is 1. The predicted octanol–water partition coefficient (Wildman–Crippen LogP) is 5.28. The second kappa shape index (κ2) is 13.8. The molecule has 1 heterocycles. The SMILES string of the molecule is CN(C)CCN(C)CC(=O)N(C)c1ccc(N=C(c2ccc(CCC(=O)O)cc2)c2c(O)[nH]c3cc(Br)ccc23)cc1. The molecule has 3 N–H and O–H groups in total. The van der Waals surface area contributed by atoms with Gasteiger partial charge < -0.3 is 25.0 Å². The van der Waals surface area contributed by atoms with E-state index in [1.807, 2.05) is 92.8 Å². The summed E-state index contributed by atoms with van der Waals surface area (Å²) in [4.78, 5) is 37.6. The Kier molecular flexibility index (Phi) is 10.2. The fraction of sp³-hybridized carbons (Fsp3) is 0.281. The van der Waals surface area contributed by atoms with Crippen molar-refractivity contribution in [2.24, 2.45) is 4.99 Å². The summed E-state index contributed by atoms with van der Waals surface area (Å²) in [6, 6.07) is 20.7. The second-order valence-electron chi connectivity index (χ2n) is 10.6. The molecule has 0 atom stereocenters. The van der Waals surface area contributed by atoms with E-state index >= 15 is 0 Å². The number of fused-ring (bicyclic) bond motifs is 1. The average Bonchev–Trinajstić information content (AvgIpc) is 3.28. The lowest BCUT2D eigenvalue weighted by Gasteiger charge is -2.23. The van der Waals surface area contributed by atoms with Crippen LogP contribution in [0.15, 0.2) is 76.2 Å². The highest BCUT2D eigenvalue weighted by Gasteiger charge is 2.20. The molecule has 0 unspecified atom stereocenters. The first-order chi connectivity index (χ1) is 20.0. The number of nitrogens with one attached hydrogen (secondary N) is 1. The molecule has 4 rings (SSSR count). The highest BCUT2D eigenvalue weighted by atomic mass is 79.9. The summed E-state index contributed by atoms with van der Waals surface area (Å²) in [5, 5.41) is 20.8. The van der Waals surface area contributed by atoms with Crippen LogP contribution in [0.1, 0.15) is 23.1 Å². The van der Waals surface area contributed by atoms with Crippen LogP contribution >= 0.6 is 15.9 Å². The second-order valence-corrected chi connectivity index (χ2v) is 11.5. The van der Waals surface area contributed by atoms with E-state index in [0.29, 0.717) is 29.9 Å². The summed E-state index contributed by atoms with van der Waals surface area (Å²) in [6.45, 7) is 1.98. The number of halogens is 1. The number of aliphatic imine (C=N–C) groups is 1. The van der Waals surface area contributed by atoms with Gasteiger partial charge in [-0.1, -0.05) is 46.3 Å². The van der Waals surface area contributed by atoms with Gasteiger partial charge in [0, 0.05) is 47.7 Å². The van der Waals surface area contributed by atoms with Gasteiger partial charge in [-0.05, 0) is 69.5 Å². The third kappa shape index (κ3) is 7.84. The first-order valence-electron chi connectivity index (χ1n) is 13.6. The number of benzene rings is 3. The Morgan fingerprint density at radius 3 is 2.26 bits per heavy atom. The zero-order valence-corrected chi connectivity index (χ0v) is 25.9. The highest BCUT2D eigenvalue weighted by molar-refractivity contribution is 9.10. The smallest absolute Gasteiger partial charge is 0.303 e. The number of hydrogen-bond acceptors (Lipinski definition) is 6. The molecule has 220 valence electrons. The van der Waals surface area contributed by atoms with Gasteiger partial charge in [-0.15, -0.1) is 0 Å². The molecule has 42 heavy (non-hydrogen) atoms. The molecule has 0 saturated heterocycles. The molecule has 0 saturated carbocycles. The van der Waals surface area contributed by atoms with Gasteiger partial charge in [-0.2, -0.15) is 0 Å². The molecule has 4 aromatic rings. The fourth-order valence-corrected chi connectivity index (χ4v) is 4.91. The minimum absolute atomic E-state index is 0.00265. The number of carbonyl (C=O) groups excluding carboxylic acids is 1. The van der Waals surface area contributed by atoms with Crippen LogP contribution in [-0.2, 0) is 16.0 Å². The van der Waals surface area contributed by atoms with Gasteiger partial charge in [0.15, 0.2) is 5.88 Å². The van der Waals surface area contributed by atoms with Crippen LogP contribution in [0.25, 0.3) is 10.9 Å². The van der Waals surface area contributed by atoms with Crippen LogP contribution in [0.5, 0.6) is 5.88 Å². The Balaban J connectivity index is 1.65. The number of likely N-dealkylation sites (N-methyl/N-ethyl adjacent to an activating group) is 3. The predicted molar refractivity (Wildman–Crippen MR) is 171 cm³/mol. The van der Waals surface area contributed by atoms with Gasteiger partial charge in [0.2, 0.25) is 5.91 Å². The van der Waals surface area contributed by atoms with Crippen molar-refractivity contribution in [2.75, 3.05) is 52.7 Å². The van der Waals surface area contributed by atoms with E-state index in [1.165, 1.54) is 0 Å². The van der Waals surface area contributed by atoms with E-state index < -0.39 is 5.97 Å². The van der Waals surface area contributed by atoms with Crippen molar-refractivity contribution in [1.82, 2.24) is 14.8 Å². The third-order valence-corrected chi connectivity index (χ3v) is 7.51. The summed E-state index contributed by atoms with van der Waals surface area (Å²) >= 11 is 3.48. The van der Waals surface area contributed by atoms with Gasteiger partial charge in [0.1, 0.15) is 0 Å². The topological polar surface area (TPSA) is 112 Å². The monoisotopic (exact) mass is 633 g/mol. The molecule has 10 heteroatoms. The number of carbonyl (C=O) groups is 2. The quantitative estimate of drug-likeness (QED) is 0.183. The lowest BCUT2D eigenvalue weighted by atomic mass is 9.98. The van der Waals surface area contributed by atoms with E-state index in [1.54, 1.807) is 11.9 Å². The maximum absolute atomic E-state index is 12.9. The van der Waals surface area contributed by atoms with E-state index in [9.17, 15) is 14.7 Å².